The molecule has 2 aromatic rings. The molecule has 148 valence electrons. The maximum Gasteiger partial charge on any atom is 0.235 e. The van der Waals surface area contributed by atoms with Crippen molar-refractivity contribution in [1.29, 1.82) is 0 Å². The normalized spacial score (nSPS) is 18.9. The second-order valence-electron chi connectivity index (χ2n) is 7.85. The molecule has 0 radical (unpaired) electrons. The van der Waals surface area contributed by atoms with Crippen LogP contribution in [-0.2, 0) is 14.9 Å². The molecule has 0 atom stereocenters. The molecule has 1 amide bonds. The van der Waals surface area contributed by atoms with Gasteiger partial charge < -0.3 is 15.0 Å². The summed E-state index contributed by atoms with van der Waals surface area (Å²) in [7, 11) is 0. The van der Waals surface area contributed by atoms with Crippen LogP contribution in [0.2, 0.25) is 0 Å². The first-order chi connectivity index (χ1) is 13.6. The molecular weight excluding hydrogens is 355 g/mol. The third kappa shape index (κ3) is 3.63. The number of amides is 1. The van der Waals surface area contributed by atoms with Crippen molar-refractivity contribution < 1.29 is 13.9 Å². The number of aryl methyl sites for hydroxylation is 1. The Morgan fingerprint density at radius 2 is 1.75 bits per heavy atom. The lowest BCUT2D eigenvalue weighted by molar-refractivity contribution is -0.121. The summed E-state index contributed by atoms with van der Waals surface area (Å²) in [6.07, 6.45) is 3.63. The van der Waals surface area contributed by atoms with E-state index in [1.807, 2.05) is 13.0 Å². The van der Waals surface area contributed by atoms with Gasteiger partial charge >= 0.3 is 0 Å². The summed E-state index contributed by atoms with van der Waals surface area (Å²) in [5.41, 5.74) is 3.39. The minimum absolute atomic E-state index is 0.0128. The van der Waals surface area contributed by atoms with Crippen molar-refractivity contribution in [2.45, 2.75) is 38.0 Å². The van der Waals surface area contributed by atoms with E-state index >= 15 is 0 Å². The van der Waals surface area contributed by atoms with Crippen LogP contribution in [0.3, 0.4) is 0 Å². The van der Waals surface area contributed by atoms with Crippen LogP contribution >= 0.6 is 0 Å². The number of anilines is 2. The fourth-order valence-corrected chi connectivity index (χ4v) is 4.44. The molecular formula is C23H27FN2O2. The summed E-state index contributed by atoms with van der Waals surface area (Å²) in [5, 5.41) is 3.16. The maximum atomic E-state index is 13.4. The highest BCUT2D eigenvalue weighted by molar-refractivity contribution is 6.00. The van der Waals surface area contributed by atoms with Crippen molar-refractivity contribution in [2.75, 3.05) is 36.5 Å². The predicted molar refractivity (Wildman–Crippen MR) is 109 cm³/mol. The van der Waals surface area contributed by atoms with E-state index in [1.54, 1.807) is 12.1 Å². The van der Waals surface area contributed by atoms with Crippen LogP contribution in [0.1, 0.15) is 36.8 Å². The Morgan fingerprint density at radius 3 is 2.39 bits per heavy atom. The van der Waals surface area contributed by atoms with Gasteiger partial charge in [0.25, 0.3) is 0 Å². The van der Waals surface area contributed by atoms with Crippen LogP contribution in [-0.4, -0.2) is 32.2 Å². The Bertz CT molecular complexity index is 838. The Morgan fingerprint density at radius 1 is 1.07 bits per heavy atom. The molecule has 0 unspecified atom stereocenters. The second-order valence-corrected chi connectivity index (χ2v) is 7.85. The van der Waals surface area contributed by atoms with Crippen LogP contribution < -0.4 is 10.2 Å². The van der Waals surface area contributed by atoms with Crippen molar-refractivity contribution in [2.24, 2.45) is 0 Å². The van der Waals surface area contributed by atoms with E-state index in [9.17, 15) is 9.18 Å². The molecule has 5 heteroatoms. The molecule has 1 heterocycles. The first-order valence-electron chi connectivity index (χ1n) is 10.1. The summed E-state index contributed by atoms with van der Waals surface area (Å²) in [6.45, 7) is 5.30. The average Bonchev–Trinajstić information content (AvgIpc) is 3.22. The molecule has 2 aliphatic rings. The van der Waals surface area contributed by atoms with Crippen molar-refractivity contribution in [1.82, 2.24) is 0 Å². The molecule has 28 heavy (non-hydrogen) atoms. The quantitative estimate of drug-likeness (QED) is 0.851. The van der Waals surface area contributed by atoms with Gasteiger partial charge in [0.1, 0.15) is 5.82 Å². The number of ether oxygens (including phenoxy) is 1. The predicted octanol–water partition coefficient (Wildman–Crippen LogP) is 4.42. The van der Waals surface area contributed by atoms with E-state index < -0.39 is 5.41 Å². The number of morpholine rings is 1. The van der Waals surface area contributed by atoms with Gasteiger partial charge in [-0.15, -0.1) is 0 Å². The molecule has 4 rings (SSSR count). The average molecular weight is 382 g/mol. The monoisotopic (exact) mass is 382 g/mol. The third-order valence-corrected chi connectivity index (χ3v) is 6.12. The molecule has 0 aromatic heterocycles. The number of rotatable bonds is 4. The molecule has 1 N–H and O–H groups in total. The lowest BCUT2D eigenvalue weighted by Gasteiger charge is -2.30. The third-order valence-electron chi connectivity index (χ3n) is 6.12. The summed E-state index contributed by atoms with van der Waals surface area (Å²) >= 11 is 0. The lowest BCUT2D eigenvalue weighted by atomic mass is 9.78. The van der Waals surface area contributed by atoms with Gasteiger partial charge in [-0.05, 0) is 61.2 Å². The van der Waals surface area contributed by atoms with E-state index in [4.69, 9.17) is 4.74 Å². The number of halogens is 1. The van der Waals surface area contributed by atoms with Crippen molar-refractivity contribution in [3.05, 3.63) is 59.4 Å². The number of hydrogen-bond donors (Lipinski definition) is 1. The van der Waals surface area contributed by atoms with Gasteiger partial charge in [0.15, 0.2) is 0 Å². The van der Waals surface area contributed by atoms with Gasteiger partial charge in [0, 0.05) is 24.5 Å². The summed E-state index contributed by atoms with van der Waals surface area (Å²) < 4.78 is 18.8. The smallest absolute Gasteiger partial charge is 0.235 e. The van der Waals surface area contributed by atoms with Crippen LogP contribution in [0.5, 0.6) is 0 Å². The second kappa shape index (κ2) is 7.92. The first kappa shape index (κ1) is 18.9. The zero-order valence-electron chi connectivity index (χ0n) is 16.3. The number of hydrogen-bond acceptors (Lipinski definition) is 3. The Balaban J connectivity index is 1.55. The molecule has 0 bridgehead atoms. The molecule has 1 saturated heterocycles. The molecule has 4 nitrogen and oxygen atoms in total. The summed E-state index contributed by atoms with van der Waals surface area (Å²) in [5.74, 6) is -0.259. The highest BCUT2D eigenvalue weighted by Gasteiger charge is 2.42. The van der Waals surface area contributed by atoms with Gasteiger partial charge in [0.05, 0.1) is 18.6 Å². The van der Waals surface area contributed by atoms with Crippen LogP contribution in [0.25, 0.3) is 0 Å². The van der Waals surface area contributed by atoms with Gasteiger partial charge in [0.2, 0.25) is 5.91 Å². The zero-order chi connectivity index (χ0) is 19.6. The summed E-state index contributed by atoms with van der Waals surface area (Å²) in [4.78, 5) is 15.6. The van der Waals surface area contributed by atoms with E-state index in [-0.39, 0.29) is 11.7 Å². The number of carbonyl (C=O) groups excluding carboxylic acids is 1. The Labute approximate surface area is 165 Å². The van der Waals surface area contributed by atoms with Gasteiger partial charge in [-0.3, -0.25) is 4.79 Å². The van der Waals surface area contributed by atoms with Gasteiger partial charge in [-0.1, -0.05) is 25.0 Å². The van der Waals surface area contributed by atoms with Crippen molar-refractivity contribution in [3.8, 4) is 0 Å². The van der Waals surface area contributed by atoms with Crippen molar-refractivity contribution in [3.63, 3.8) is 0 Å². The first-order valence-corrected chi connectivity index (χ1v) is 10.1. The van der Waals surface area contributed by atoms with E-state index in [0.29, 0.717) is 0 Å². The molecule has 1 aliphatic carbocycles. The molecule has 2 aromatic carbocycles. The highest BCUT2D eigenvalue weighted by Crippen LogP contribution is 2.42. The zero-order valence-corrected chi connectivity index (χ0v) is 16.3. The number of benzene rings is 2. The van der Waals surface area contributed by atoms with Crippen LogP contribution in [0.15, 0.2) is 42.5 Å². The number of nitrogens with zero attached hydrogens (tertiary/aromatic N) is 1. The number of nitrogens with one attached hydrogen (secondary N) is 1. The van der Waals surface area contributed by atoms with Gasteiger partial charge in [-0.25, -0.2) is 4.39 Å². The Kier molecular flexibility index (Phi) is 5.36. The fourth-order valence-electron chi connectivity index (χ4n) is 4.44. The minimum Gasteiger partial charge on any atom is -0.378 e. The largest absolute Gasteiger partial charge is 0.378 e. The SMILES string of the molecule is Cc1cc(N2CCOCC2)ccc1NC(=O)C1(c2ccc(F)cc2)CCCC1. The fraction of sp³-hybridized carbons (Fsp3) is 0.435. The van der Waals surface area contributed by atoms with E-state index in [1.165, 1.54) is 12.1 Å². The van der Waals surface area contributed by atoms with Crippen LogP contribution in [0, 0.1) is 12.7 Å². The molecule has 2 fully saturated rings. The summed E-state index contributed by atoms with van der Waals surface area (Å²) in [6, 6.07) is 12.6. The Hall–Kier alpha value is -2.40. The maximum absolute atomic E-state index is 13.4. The minimum atomic E-state index is -0.566. The molecule has 1 aliphatic heterocycles. The highest BCUT2D eigenvalue weighted by atomic mass is 19.1. The van der Waals surface area contributed by atoms with Crippen molar-refractivity contribution >= 4 is 17.3 Å². The molecule has 1 saturated carbocycles. The standard InChI is InChI=1S/C23H27FN2O2/c1-17-16-20(26-12-14-28-15-13-26)8-9-21(17)25-22(27)23(10-2-3-11-23)18-4-6-19(24)7-5-18/h4-9,16H,2-3,10-15H2,1H3,(H,25,27). The lowest BCUT2D eigenvalue weighted by Crippen LogP contribution is -2.38. The van der Waals surface area contributed by atoms with Crippen LogP contribution in [0.4, 0.5) is 15.8 Å². The topological polar surface area (TPSA) is 41.6 Å². The van der Waals surface area contributed by atoms with E-state index in [0.717, 1.165) is 74.5 Å². The number of carbonyl (C=O) groups is 1. The van der Waals surface area contributed by atoms with Gasteiger partial charge in [-0.2, -0.15) is 0 Å². The molecule has 0 spiro atoms. The van der Waals surface area contributed by atoms with E-state index in [2.05, 4.69) is 22.3 Å².